The molecule has 1 aromatic heterocycles. The van der Waals surface area contributed by atoms with Gasteiger partial charge in [0.2, 0.25) is 0 Å². The lowest BCUT2D eigenvalue weighted by atomic mass is 9.96. The molecule has 5 heteroatoms. The standard InChI is InChI=1S/C12H20BrN3S/c1-3-16-11(12(13)8(2)15-16)6-10(14)9-4-5-17-7-9/h9-10H,3-7,14H2,1-2H3. The lowest BCUT2D eigenvalue weighted by molar-refractivity contribution is 0.447. The zero-order valence-corrected chi connectivity index (χ0v) is 12.9. The largest absolute Gasteiger partial charge is 0.327 e. The lowest BCUT2D eigenvalue weighted by Crippen LogP contribution is -2.33. The molecule has 2 rings (SSSR count). The maximum atomic E-state index is 6.34. The van der Waals surface area contributed by atoms with E-state index in [4.69, 9.17) is 5.73 Å². The van der Waals surface area contributed by atoms with Crippen molar-refractivity contribution in [3.05, 3.63) is 15.9 Å². The third-order valence-corrected chi connectivity index (χ3v) is 5.67. The van der Waals surface area contributed by atoms with Crippen LogP contribution in [0, 0.1) is 12.8 Å². The number of rotatable bonds is 4. The number of halogens is 1. The van der Waals surface area contributed by atoms with Gasteiger partial charge in [-0.25, -0.2) is 0 Å². The van der Waals surface area contributed by atoms with Crippen molar-refractivity contribution in [1.29, 1.82) is 0 Å². The van der Waals surface area contributed by atoms with Crippen molar-refractivity contribution >= 4 is 27.7 Å². The van der Waals surface area contributed by atoms with Crippen LogP contribution < -0.4 is 5.73 Å². The average molecular weight is 318 g/mol. The molecular formula is C12H20BrN3S. The Balaban J connectivity index is 2.11. The Bertz CT molecular complexity index is 385. The van der Waals surface area contributed by atoms with E-state index in [1.807, 2.05) is 18.7 Å². The van der Waals surface area contributed by atoms with Gasteiger partial charge in [-0.1, -0.05) is 0 Å². The van der Waals surface area contributed by atoms with Gasteiger partial charge in [-0.05, 0) is 53.6 Å². The Kier molecular flexibility index (Phi) is 4.55. The minimum absolute atomic E-state index is 0.266. The number of aryl methyl sites for hydroxylation is 2. The molecule has 1 aromatic rings. The van der Waals surface area contributed by atoms with Gasteiger partial charge in [0, 0.05) is 19.0 Å². The summed E-state index contributed by atoms with van der Waals surface area (Å²) in [4.78, 5) is 0. The molecule has 2 atom stereocenters. The molecule has 0 spiro atoms. The van der Waals surface area contributed by atoms with Gasteiger partial charge < -0.3 is 5.73 Å². The Labute approximate surface area is 116 Å². The van der Waals surface area contributed by atoms with Crippen LogP contribution in [0.1, 0.15) is 24.7 Å². The van der Waals surface area contributed by atoms with Gasteiger partial charge in [-0.15, -0.1) is 0 Å². The van der Waals surface area contributed by atoms with Crippen molar-refractivity contribution in [3.63, 3.8) is 0 Å². The second-order valence-corrected chi connectivity index (χ2v) is 6.60. The first-order valence-electron chi connectivity index (χ1n) is 6.18. The fourth-order valence-electron chi connectivity index (χ4n) is 2.34. The van der Waals surface area contributed by atoms with Gasteiger partial charge in [0.15, 0.2) is 0 Å². The summed E-state index contributed by atoms with van der Waals surface area (Å²) in [5.41, 5.74) is 8.66. The average Bonchev–Trinajstić information content (AvgIpc) is 2.92. The molecule has 2 heterocycles. The molecule has 0 aliphatic carbocycles. The van der Waals surface area contributed by atoms with Gasteiger partial charge in [0.1, 0.15) is 0 Å². The smallest absolute Gasteiger partial charge is 0.0738 e. The van der Waals surface area contributed by atoms with Gasteiger partial charge >= 0.3 is 0 Å². The molecule has 1 fully saturated rings. The van der Waals surface area contributed by atoms with Crippen LogP contribution >= 0.6 is 27.7 Å². The van der Waals surface area contributed by atoms with E-state index in [-0.39, 0.29) is 6.04 Å². The van der Waals surface area contributed by atoms with E-state index in [1.165, 1.54) is 23.6 Å². The van der Waals surface area contributed by atoms with Crippen molar-refractivity contribution in [2.75, 3.05) is 11.5 Å². The summed E-state index contributed by atoms with van der Waals surface area (Å²) in [7, 11) is 0. The topological polar surface area (TPSA) is 43.8 Å². The van der Waals surface area contributed by atoms with Crippen molar-refractivity contribution in [2.24, 2.45) is 11.7 Å². The number of nitrogens with two attached hydrogens (primary N) is 1. The summed E-state index contributed by atoms with van der Waals surface area (Å²) in [6, 6.07) is 0.266. The third-order valence-electron chi connectivity index (χ3n) is 3.45. The molecule has 0 saturated carbocycles. The second kappa shape index (κ2) is 5.76. The van der Waals surface area contributed by atoms with Crippen molar-refractivity contribution in [3.8, 4) is 0 Å². The van der Waals surface area contributed by atoms with Gasteiger partial charge in [-0.2, -0.15) is 16.9 Å². The summed E-state index contributed by atoms with van der Waals surface area (Å²) in [6.07, 6.45) is 2.20. The third kappa shape index (κ3) is 2.88. The van der Waals surface area contributed by atoms with E-state index in [0.29, 0.717) is 5.92 Å². The van der Waals surface area contributed by atoms with Crippen LogP contribution in [0.3, 0.4) is 0 Å². The minimum Gasteiger partial charge on any atom is -0.327 e. The van der Waals surface area contributed by atoms with Crippen LogP contribution in [0.2, 0.25) is 0 Å². The van der Waals surface area contributed by atoms with Crippen LogP contribution in [0.5, 0.6) is 0 Å². The molecule has 1 saturated heterocycles. The Morgan fingerprint density at radius 1 is 1.65 bits per heavy atom. The number of aromatic nitrogens is 2. The molecule has 1 aliphatic heterocycles. The summed E-state index contributed by atoms with van der Waals surface area (Å²) in [6.45, 7) is 5.07. The minimum atomic E-state index is 0.266. The van der Waals surface area contributed by atoms with E-state index >= 15 is 0 Å². The molecule has 96 valence electrons. The molecular weight excluding hydrogens is 298 g/mol. The molecule has 0 amide bonds. The van der Waals surface area contributed by atoms with Crippen molar-refractivity contribution in [2.45, 2.75) is 39.3 Å². The summed E-state index contributed by atoms with van der Waals surface area (Å²) >= 11 is 5.66. The van der Waals surface area contributed by atoms with Gasteiger partial charge in [0.05, 0.1) is 15.9 Å². The number of thioether (sulfide) groups is 1. The molecule has 17 heavy (non-hydrogen) atoms. The maximum Gasteiger partial charge on any atom is 0.0738 e. The summed E-state index contributed by atoms with van der Waals surface area (Å²) in [5.74, 6) is 3.16. The monoisotopic (exact) mass is 317 g/mol. The first-order valence-corrected chi connectivity index (χ1v) is 8.13. The Morgan fingerprint density at radius 2 is 2.41 bits per heavy atom. The SMILES string of the molecule is CCn1nc(C)c(Br)c1CC(N)C1CCSC1. The van der Waals surface area contributed by atoms with E-state index in [9.17, 15) is 0 Å². The van der Waals surface area contributed by atoms with Crippen LogP contribution in [0.4, 0.5) is 0 Å². The Morgan fingerprint density at radius 3 is 3.00 bits per heavy atom. The van der Waals surface area contributed by atoms with Crippen LogP contribution in [-0.2, 0) is 13.0 Å². The number of hydrogen-bond acceptors (Lipinski definition) is 3. The molecule has 0 bridgehead atoms. The number of hydrogen-bond donors (Lipinski definition) is 1. The fourth-order valence-corrected chi connectivity index (χ4v) is 4.14. The van der Waals surface area contributed by atoms with Crippen molar-refractivity contribution < 1.29 is 0 Å². The highest BCUT2D eigenvalue weighted by Gasteiger charge is 2.25. The highest BCUT2D eigenvalue weighted by Crippen LogP contribution is 2.29. The Hall–Kier alpha value is -0.0000000000000000555. The summed E-state index contributed by atoms with van der Waals surface area (Å²) in [5, 5.41) is 4.52. The lowest BCUT2D eigenvalue weighted by Gasteiger charge is -2.18. The molecule has 2 unspecified atom stereocenters. The molecule has 0 aromatic carbocycles. The quantitative estimate of drug-likeness (QED) is 0.928. The predicted octanol–water partition coefficient (Wildman–Crippen LogP) is 2.60. The highest BCUT2D eigenvalue weighted by atomic mass is 79.9. The first kappa shape index (κ1) is 13.4. The normalized spacial score (nSPS) is 22.0. The fraction of sp³-hybridized carbons (Fsp3) is 0.750. The maximum absolute atomic E-state index is 6.34. The molecule has 2 N–H and O–H groups in total. The molecule has 0 radical (unpaired) electrons. The molecule has 3 nitrogen and oxygen atoms in total. The van der Waals surface area contributed by atoms with E-state index < -0.39 is 0 Å². The first-order chi connectivity index (χ1) is 8.13. The van der Waals surface area contributed by atoms with Gasteiger partial charge in [0.25, 0.3) is 0 Å². The van der Waals surface area contributed by atoms with Crippen molar-refractivity contribution in [1.82, 2.24) is 9.78 Å². The van der Waals surface area contributed by atoms with E-state index in [1.54, 1.807) is 0 Å². The van der Waals surface area contributed by atoms with Crippen LogP contribution in [-0.4, -0.2) is 27.3 Å². The highest BCUT2D eigenvalue weighted by molar-refractivity contribution is 9.10. The predicted molar refractivity (Wildman–Crippen MR) is 77.4 cm³/mol. The summed E-state index contributed by atoms with van der Waals surface area (Å²) < 4.78 is 3.21. The van der Waals surface area contributed by atoms with E-state index in [2.05, 4.69) is 32.6 Å². The van der Waals surface area contributed by atoms with Crippen LogP contribution in [0.25, 0.3) is 0 Å². The van der Waals surface area contributed by atoms with Gasteiger partial charge in [-0.3, -0.25) is 4.68 Å². The van der Waals surface area contributed by atoms with Crippen LogP contribution in [0.15, 0.2) is 4.47 Å². The van der Waals surface area contributed by atoms with E-state index in [0.717, 1.165) is 23.1 Å². The zero-order chi connectivity index (χ0) is 12.4. The second-order valence-electron chi connectivity index (χ2n) is 4.65. The molecule has 1 aliphatic rings. The zero-order valence-electron chi connectivity index (χ0n) is 10.4. The number of nitrogens with zero attached hydrogens (tertiary/aromatic N) is 2.